The minimum Gasteiger partial charge on any atom is -0.497 e. The van der Waals surface area contributed by atoms with Gasteiger partial charge in [0.2, 0.25) is 0 Å². The molecule has 0 aromatic heterocycles. The lowest BCUT2D eigenvalue weighted by Gasteiger charge is -2.32. The van der Waals surface area contributed by atoms with Gasteiger partial charge in [-0.2, -0.15) is 0 Å². The molecule has 0 spiro atoms. The van der Waals surface area contributed by atoms with Crippen molar-refractivity contribution in [2.45, 2.75) is 32.1 Å². The second kappa shape index (κ2) is 4.73. The first-order valence-electron chi connectivity index (χ1n) is 5.99. The smallest absolute Gasteiger partial charge is 0.119 e. The van der Waals surface area contributed by atoms with Crippen molar-refractivity contribution in [3.8, 4) is 5.75 Å². The minimum absolute atomic E-state index is 0.139. The molecule has 2 heteroatoms. The third kappa shape index (κ3) is 3.04. The van der Waals surface area contributed by atoms with E-state index in [9.17, 15) is 0 Å². The average Bonchev–Trinajstić information content (AvgIpc) is 2.26. The molecule has 0 saturated heterocycles. The maximum absolute atomic E-state index is 6.31. The topological polar surface area (TPSA) is 9.23 Å². The zero-order valence-electron chi connectivity index (χ0n) is 10.7. The van der Waals surface area contributed by atoms with Gasteiger partial charge in [0.1, 0.15) is 5.75 Å². The Labute approximate surface area is 108 Å². The Morgan fingerprint density at radius 1 is 1.35 bits per heavy atom. The summed E-state index contributed by atoms with van der Waals surface area (Å²) in [5.41, 5.74) is 2.84. The summed E-state index contributed by atoms with van der Waals surface area (Å²) in [6, 6.07) is 8.20. The van der Waals surface area contributed by atoms with E-state index in [4.69, 9.17) is 16.3 Å². The van der Waals surface area contributed by atoms with Crippen LogP contribution >= 0.6 is 11.6 Å². The van der Waals surface area contributed by atoms with Crippen molar-refractivity contribution in [1.29, 1.82) is 0 Å². The van der Waals surface area contributed by atoms with E-state index in [1.165, 1.54) is 11.1 Å². The highest BCUT2D eigenvalue weighted by molar-refractivity contribution is 6.22. The predicted octanol–water partition coefficient (Wildman–Crippen LogP) is 4.51. The molecule has 92 valence electrons. The molecule has 0 radical (unpaired) electrons. The zero-order chi connectivity index (χ0) is 12.5. The van der Waals surface area contributed by atoms with E-state index in [1.807, 2.05) is 12.1 Å². The summed E-state index contributed by atoms with van der Waals surface area (Å²) in [6.45, 7) is 4.55. The first kappa shape index (κ1) is 12.5. The molecule has 0 aliphatic heterocycles. The number of methoxy groups -OCH3 is 1. The number of ether oxygens (including phenoxy) is 1. The van der Waals surface area contributed by atoms with Gasteiger partial charge < -0.3 is 4.74 Å². The van der Waals surface area contributed by atoms with Crippen molar-refractivity contribution in [1.82, 2.24) is 0 Å². The van der Waals surface area contributed by atoms with E-state index in [0.717, 1.165) is 18.6 Å². The van der Waals surface area contributed by atoms with Gasteiger partial charge in [-0.3, -0.25) is 0 Å². The van der Waals surface area contributed by atoms with Crippen molar-refractivity contribution in [3.05, 3.63) is 35.9 Å². The molecular weight excluding hydrogens is 232 g/mol. The van der Waals surface area contributed by atoms with Crippen LogP contribution in [0.4, 0.5) is 0 Å². The first-order chi connectivity index (χ1) is 8.00. The number of alkyl halides is 1. The fourth-order valence-electron chi connectivity index (χ4n) is 2.47. The van der Waals surface area contributed by atoms with Crippen LogP contribution in [-0.4, -0.2) is 12.5 Å². The SMILES string of the molecule is COc1cccc(C2=CC(Cl)CC(C)(C)C2)c1. The Hall–Kier alpha value is -0.950. The van der Waals surface area contributed by atoms with Crippen molar-refractivity contribution in [2.24, 2.45) is 5.41 Å². The van der Waals surface area contributed by atoms with Gasteiger partial charge in [-0.25, -0.2) is 0 Å². The second-order valence-electron chi connectivity index (χ2n) is 5.48. The van der Waals surface area contributed by atoms with Crippen molar-refractivity contribution < 1.29 is 4.74 Å². The highest BCUT2D eigenvalue weighted by Crippen LogP contribution is 2.41. The van der Waals surface area contributed by atoms with Crippen LogP contribution in [-0.2, 0) is 0 Å². The quantitative estimate of drug-likeness (QED) is 0.702. The highest BCUT2D eigenvalue weighted by Gasteiger charge is 2.28. The summed E-state index contributed by atoms with van der Waals surface area (Å²) < 4.78 is 5.26. The van der Waals surface area contributed by atoms with Crippen molar-refractivity contribution >= 4 is 17.2 Å². The number of halogens is 1. The Kier molecular flexibility index (Phi) is 3.48. The molecule has 1 aromatic carbocycles. The van der Waals surface area contributed by atoms with Crippen LogP contribution in [0.1, 0.15) is 32.3 Å². The van der Waals surface area contributed by atoms with E-state index < -0.39 is 0 Å². The zero-order valence-corrected chi connectivity index (χ0v) is 11.4. The summed E-state index contributed by atoms with van der Waals surface area (Å²) in [7, 11) is 1.70. The van der Waals surface area contributed by atoms with E-state index in [1.54, 1.807) is 7.11 Å². The van der Waals surface area contributed by atoms with Crippen molar-refractivity contribution in [2.75, 3.05) is 7.11 Å². The predicted molar refractivity (Wildman–Crippen MR) is 73.6 cm³/mol. The van der Waals surface area contributed by atoms with Crippen LogP contribution < -0.4 is 4.74 Å². The fourth-order valence-corrected chi connectivity index (χ4v) is 3.04. The maximum Gasteiger partial charge on any atom is 0.119 e. The minimum atomic E-state index is 0.139. The number of rotatable bonds is 2. The van der Waals surface area contributed by atoms with Crippen LogP contribution in [0, 0.1) is 5.41 Å². The molecule has 1 aliphatic rings. The molecule has 1 unspecified atom stereocenters. The first-order valence-corrected chi connectivity index (χ1v) is 6.43. The van der Waals surface area contributed by atoms with Crippen molar-refractivity contribution in [3.63, 3.8) is 0 Å². The Bertz CT molecular complexity index is 434. The average molecular weight is 251 g/mol. The molecule has 0 N–H and O–H groups in total. The number of hydrogen-bond donors (Lipinski definition) is 0. The highest BCUT2D eigenvalue weighted by atomic mass is 35.5. The molecule has 0 saturated carbocycles. The molecule has 1 aliphatic carbocycles. The maximum atomic E-state index is 6.31. The molecule has 0 fully saturated rings. The molecule has 1 atom stereocenters. The summed E-state index contributed by atoms with van der Waals surface area (Å²) in [6.07, 6.45) is 4.30. The summed E-state index contributed by atoms with van der Waals surface area (Å²) >= 11 is 6.31. The Morgan fingerprint density at radius 3 is 2.76 bits per heavy atom. The number of hydrogen-bond acceptors (Lipinski definition) is 1. The lowest BCUT2D eigenvalue weighted by atomic mass is 9.75. The second-order valence-corrected chi connectivity index (χ2v) is 6.05. The van der Waals surface area contributed by atoms with Crippen LogP contribution in [0.2, 0.25) is 0 Å². The van der Waals surface area contributed by atoms with Gasteiger partial charge in [-0.05, 0) is 41.5 Å². The van der Waals surface area contributed by atoms with Crippen LogP contribution in [0.3, 0.4) is 0 Å². The van der Waals surface area contributed by atoms with Gasteiger partial charge >= 0.3 is 0 Å². The van der Waals surface area contributed by atoms with E-state index >= 15 is 0 Å². The molecule has 1 nitrogen and oxygen atoms in total. The molecule has 17 heavy (non-hydrogen) atoms. The normalized spacial score (nSPS) is 23.1. The van der Waals surface area contributed by atoms with E-state index in [2.05, 4.69) is 32.1 Å². The largest absolute Gasteiger partial charge is 0.497 e. The summed E-state index contributed by atoms with van der Waals surface area (Å²) in [4.78, 5) is 0. The van der Waals surface area contributed by atoms with Gasteiger partial charge in [0.05, 0.1) is 12.5 Å². The monoisotopic (exact) mass is 250 g/mol. The summed E-state index contributed by atoms with van der Waals surface area (Å²) in [5.74, 6) is 0.901. The van der Waals surface area contributed by atoms with Gasteiger partial charge in [0, 0.05) is 0 Å². The standard InChI is InChI=1S/C15H19ClO/c1-15(2)9-12(7-13(16)10-15)11-5-4-6-14(8-11)17-3/h4-8,13H,9-10H2,1-3H3. The van der Waals surface area contributed by atoms with Gasteiger partial charge in [0.15, 0.2) is 0 Å². The van der Waals surface area contributed by atoms with Crippen LogP contribution in [0.25, 0.3) is 5.57 Å². The van der Waals surface area contributed by atoms with Gasteiger partial charge in [-0.1, -0.05) is 32.1 Å². The third-order valence-electron chi connectivity index (χ3n) is 3.24. The van der Waals surface area contributed by atoms with Gasteiger partial charge in [-0.15, -0.1) is 11.6 Å². The number of benzene rings is 1. The van der Waals surface area contributed by atoms with E-state index in [0.29, 0.717) is 0 Å². The van der Waals surface area contributed by atoms with Crippen LogP contribution in [0.15, 0.2) is 30.3 Å². The van der Waals surface area contributed by atoms with Crippen LogP contribution in [0.5, 0.6) is 5.75 Å². The molecular formula is C15H19ClO. The molecule has 2 rings (SSSR count). The third-order valence-corrected chi connectivity index (χ3v) is 3.52. The number of allylic oxidation sites excluding steroid dienone is 2. The molecule has 1 aromatic rings. The van der Waals surface area contributed by atoms with Gasteiger partial charge in [0.25, 0.3) is 0 Å². The summed E-state index contributed by atoms with van der Waals surface area (Å²) in [5, 5.41) is 0.139. The molecule has 0 amide bonds. The lowest BCUT2D eigenvalue weighted by molar-refractivity contribution is 0.340. The Balaban J connectivity index is 2.32. The molecule has 0 heterocycles. The lowest BCUT2D eigenvalue weighted by Crippen LogP contribution is -2.21. The Morgan fingerprint density at radius 2 is 2.12 bits per heavy atom. The van der Waals surface area contributed by atoms with E-state index in [-0.39, 0.29) is 10.8 Å². The fraction of sp³-hybridized carbons (Fsp3) is 0.467. The molecule has 0 bridgehead atoms.